The predicted octanol–water partition coefficient (Wildman–Crippen LogP) is 3.28. The molecule has 5 nitrogen and oxygen atoms in total. The van der Waals surface area contributed by atoms with Crippen LogP contribution in [0.15, 0.2) is 30.5 Å². The summed E-state index contributed by atoms with van der Waals surface area (Å²) in [6, 6.07) is 3.80. The van der Waals surface area contributed by atoms with E-state index in [0.29, 0.717) is 35.5 Å². The Hall–Kier alpha value is -1.61. The van der Waals surface area contributed by atoms with Gasteiger partial charge in [-0.1, -0.05) is 12.7 Å². The monoisotopic (exact) mass is 458 g/mol. The number of ether oxygens (including phenoxy) is 2. The molecule has 2 rings (SSSR count). The first-order chi connectivity index (χ1) is 11.4. The maximum atomic E-state index is 12.3. The molecule has 0 atom stereocenters. The van der Waals surface area contributed by atoms with Crippen molar-refractivity contribution < 1.29 is 14.3 Å². The Morgan fingerprint density at radius 2 is 2.00 bits per heavy atom. The van der Waals surface area contributed by atoms with Gasteiger partial charge in [0.05, 0.1) is 10.2 Å². The van der Waals surface area contributed by atoms with Crippen molar-refractivity contribution in [2.45, 2.75) is 6.92 Å². The quantitative estimate of drug-likeness (QED) is 0.283. The zero-order valence-electron chi connectivity index (χ0n) is 13.8. The van der Waals surface area contributed by atoms with Gasteiger partial charge in [0.15, 0.2) is 16.6 Å². The molecule has 0 spiro atoms. The Morgan fingerprint density at radius 1 is 1.29 bits per heavy atom. The van der Waals surface area contributed by atoms with E-state index >= 15 is 0 Å². The number of halogens is 1. The number of carbonyl (C=O) groups excluding carboxylic acids is 1. The summed E-state index contributed by atoms with van der Waals surface area (Å²) in [4.78, 5) is 15.5. The molecule has 0 unspecified atom stereocenters. The fraction of sp³-hybridized carbons (Fsp3) is 0.294. The molecule has 1 aliphatic heterocycles. The van der Waals surface area contributed by atoms with Crippen LogP contribution in [0.3, 0.4) is 0 Å². The summed E-state index contributed by atoms with van der Waals surface area (Å²) < 4.78 is 12.3. The molecule has 1 saturated heterocycles. The van der Waals surface area contributed by atoms with Gasteiger partial charge in [0.25, 0.3) is 5.91 Å². The molecule has 1 amide bonds. The molecule has 1 aromatic rings. The SMILES string of the molecule is C=CCOc1c(I)cc(/C=C2/C(=O)N(C)C(=S)N2C)cc1OCC. The Bertz CT molecular complexity index is 718. The second kappa shape index (κ2) is 7.98. The molecule has 0 N–H and O–H groups in total. The molecule has 0 aliphatic carbocycles. The summed E-state index contributed by atoms with van der Waals surface area (Å²) in [5, 5.41) is 0.483. The van der Waals surface area contributed by atoms with Crippen molar-refractivity contribution in [3.63, 3.8) is 0 Å². The molecule has 0 radical (unpaired) electrons. The topological polar surface area (TPSA) is 42.0 Å². The van der Waals surface area contributed by atoms with Crippen molar-refractivity contribution in [1.82, 2.24) is 9.80 Å². The van der Waals surface area contributed by atoms with E-state index in [1.165, 1.54) is 4.90 Å². The normalized spacial score (nSPS) is 16.1. The van der Waals surface area contributed by atoms with Gasteiger partial charge in [-0.15, -0.1) is 0 Å². The summed E-state index contributed by atoms with van der Waals surface area (Å²) in [7, 11) is 3.45. The number of carbonyl (C=O) groups is 1. The first kappa shape index (κ1) is 18.7. The fourth-order valence-corrected chi connectivity index (χ4v) is 3.23. The molecule has 1 fully saturated rings. The van der Waals surface area contributed by atoms with Gasteiger partial charge in [0.2, 0.25) is 0 Å². The highest BCUT2D eigenvalue weighted by Gasteiger charge is 2.32. The van der Waals surface area contributed by atoms with E-state index in [4.69, 9.17) is 21.7 Å². The van der Waals surface area contributed by atoms with E-state index in [1.807, 2.05) is 19.1 Å². The van der Waals surface area contributed by atoms with Crippen LogP contribution in [0.1, 0.15) is 12.5 Å². The lowest BCUT2D eigenvalue weighted by molar-refractivity contribution is -0.121. The predicted molar refractivity (Wildman–Crippen MR) is 107 cm³/mol. The van der Waals surface area contributed by atoms with E-state index in [9.17, 15) is 4.79 Å². The molecule has 0 aromatic heterocycles. The molecule has 1 heterocycles. The summed E-state index contributed by atoms with van der Waals surface area (Å²) in [5.41, 5.74) is 1.38. The Labute approximate surface area is 161 Å². The van der Waals surface area contributed by atoms with Crippen LogP contribution in [0.2, 0.25) is 0 Å². The highest BCUT2D eigenvalue weighted by molar-refractivity contribution is 14.1. The molecule has 1 aliphatic rings. The number of benzene rings is 1. The molecular formula is C17H19IN2O3S. The van der Waals surface area contributed by atoms with Gasteiger partial charge >= 0.3 is 0 Å². The zero-order valence-corrected chi connectivity index (χ0v) is 16.8. The summed E-state index contributed by atoms with van der Waals surface area (Å²) in [5.74, 6) is 1.20. The summed E-state index contributed by atoms with van der Waals surface area (Å²) in [6.07, 6.45) is 3.49. The molecule has 24 heavy (non-hydrogen) atoms. The lowest BCUT2D eigenvalue weighted by atomic mass is 10.1. The third-order valence-electron chi connectivity index (χ3n) is 3.44. The standard InChI is InChI=1S/C17H19IN2O3S/c1-5-7-23-15-12(18)8-11(10-14(15)22-6-2)9-13-16(21)20(4)17(24)19(13)3/h5,8-10H,1,6-7H2,2-4H3/b13-9-. The van der Waals surface area contributed by atoms with Gasteiger partial charge in [-0.3, -0.25) is 9.69 Å². The van der Waals surface area contributed by atoms with E-state index < -0.39 is 0 Å². The number of nitrogens with zero attached hydrogens (tertiary/aromatic N) is 2. The van der Waals surface area contributed by atoms with E-state index in [-0.39, 0.29) is 5.91 Å². The largest absolute Gasteiger partial charge is 0.490 e. The minimum atomic E-state index is -0.123. The highest BCUT2D eigenvalue weighted by atomic mass is 127. The Kier molecular flexibility index (Phi) is 6.22. The van der Waals surface area contributed by atoms with Crippen molar-refractivity contribution >= 4 is 51.9 Å². The number of hydrogen-bond acceptors (Lipinski definition) is 4. The molecular weight excluding hydrogens is 439 g/mol. The number of likely N-dealkylation sites (N-methyl/N-ethyl adjacent to an activating group) is 2. The van der Waals surface area contributed by atoms with Crippen LogP contribution in [0.4, 0.5) is 0 Å². The molecule has 0 bridgehead atoms. The zero-order chi connectivity index (χ0) is 17.9. The van der Waals surface area contributed by atoms with Crippen molar-refractivity contribution in [2.75, 3.05) is 27.3 Å². The third-order valence-corrected chi connectivity index (χ3v) is 4.79. The highest BCUT2D eigenvalue weighted by Crippen LogP contribution is 2.35. The van der Waals surface area contributed by atoms with Gasteiger partial charge in [0, 0.05) is 14.1 Å². The third kappa shape index (κ3) is 3.72. The Balaban J connectivity index is 2.44. The maximum absolute atomic E-state index is 12.3. The van der Waals surface area contributed by atoms with Crippen LogP contribution >= 0.6 is 34.8 Å². The minimum absolute atomic E-state index is 0.123. The molecule has 7 heteroatoms. The van der Waals surface area contributed by atoms with Crippen LogP contribution in [-0.4, -0.2) is 48.1 Å². The molecule has 128 valence electrons. The maximum Gasteiger partial charge on any atom is 0.276 e. The Morgan fingerprint density at radius 3 is 2.54 bits per heavy atom. The number of thiocarbonyl (C=S) groups is 1. The van der Waals surface area contributed by atoms with Crippen LogP contribution < -0.4 is 9.47 Å². The van der Waals surface area contributed by atoms with Gasteiger partial charge in [-0.05, 0) is 65.5 Å². The van der Waals surface area contributed by atoms with Crippen LogP contribution in [0.25, 0.3) is 6.08 Å². The van der Waals surface area contributed by atoms with Crippen molar-refractivity contribution in [1.29, 1.82) is 0 Å². The first-order valence-corrected chi connectivity index (χ1v) is 8.86. The lowest BCUT2D eigenvalue weighted by Crippen LogP contribution is -2.26. The van der Waals surface area contributed by atoms with Crippen molar-refractivity contribution in [3.8, 4) is 11.5 Å². The minimum Gasteiger partial charge on any atom is -0.490 e. The number of hydrogen-bond donors (Lipinski definition) is 0. The molecule has 1 aromatic carbocycles. The summed E-state index contributed by atoms with van der Waals surface area (Å²) >= 11 is 7.42. The number of amides is 1. The lowest BCUT2D eigenvalue weighted by Gasteiger charge is -2.14. The van der Waals surface area contributed by atoms with Crippen LogP contribution in [-0.2, 0) is 4.79 Å². The second-order valence-electron chi connectivity index (χ2n) is 5.10. The van der Waals surface area contributed by atoms with Crippen LogP contribution in [0, 0.1) is 3.57 Å². The van der Waals surface area contributed by atoms with E-state index in [1.54, 1.807) is 31.1 Å². The van der Waals surface area contributed by atoms with Gasteiger partial charge in [0.1, 0.15) is 12.3 Å². The smallest absolute Gasteiger partial charge is 0.276 e. The first-order valence-electron chi connectivity index (χ1n) is 7.38. The molecule has 0 saturated carbocycles. The van der Waals surface area contributed by atoms with Crippen molar-refractivity contribution in [2.24, 2.45) is 0 Å². The van der Waals surface area contributed by atoms with E-state index in [2.05, 4.69) is 29.2 Å². The van der Waals surface area contributed by atoms with Gasteiger partial charge < -0.3 is 14.4 Å². The fourth-order valence-electron chi connectivity index (χ4n) is 2.26. The number of rotatable bonds is 6. The van der Waals surface area contributed by atoms with Gasteiger partial charge in [-0.2, -0.15) is 0 Å². The average molecular weight is 458 g/mol. The van der Waals surface area contributed by atoms with Crippen LogP contribution in [0.5, 0.6) is 11.5 Å². The average Bonchev–Trinajstić information content (AvgIpc) is 2.72. The second-order valence-corrected chi connectivity index (χ2v) is 6.63. The van der Waals surface area contributed by atoms with Gasteiger partial charge in [-0.25, -0.2) is 0 Å². The summed E-state index contributed by atoms with van der Waals surface area (Å²) in [6.45, 7) is 6.49. The van der Waals surface area contributed by atoms with E-state index in [0.717, 1.165) is 9.13 Å². The van der Waals surface area contributed by atoms with Crippen molar-refractivity contribution in [3.05, 3.63) is 39.6 Å².